The van der Waals surface area contributed by atoms with Crippen molar-refractivity contribution in [1.29, 1.82) is 0 Å². The first-order chi connectivity index (χ1) is 9.35. The molecular weight excluding hydrogens is 278 g/mol. The van der Waals surface area contributed by atoms with Gasteiger partial charge in [-0.25, -0.2) is 0 Å². The van der Waals surface area contributed by atoms with Gasteiger partial charge in [0.25, 0.3) is 5.91 Å². The fraction of sp³-hybridized carbons (Fsp3) is 0.467. The molecule has 0 aliphatic carbocycles. The van der Waals surface area contributed by atoms with E-state index in [1.54, 1.807) is 24.0 Å². The average molecular weight is 296 g/mol. The molecule has 0 bridgehead atoms. The monoisotopic (exact) mass is 295 g/mol. The van der Waals surface area contributed by atoms with Crippen molar-refractivity contribution in [2.75, 3.05) is 13.1 Å². The van der Waals surface area contributed by atoms with Gasteiger partial charge < -0.3 is 10.0 Å². The highest BCUT2D eigenvalue weighted by Crippen LogP contribution is 2.31. The summed E-state index contributed by atoms with van der Waals surface area (Å²) in [6.45, 7) is 4.33. The van der Waals surface area contributed by atoms with Gasteiger partial charge in [-0.3, -0.25) is 9.59 Å². The average Bonchev–Trinajstić information content (AvgIpc) is 2.41. The van der Waals surface area contributed by atoms with Crippen LogP contribution >= 0.6 is 11.6 Å². The molecule has 1 aromatic carbocycles. The zero-order chi connectivity index (χ0) is 14.9. The standard InChI is InChI=1S/C15H18ClNO3/c1-10-5-3-6-11(12(10)16)13(18)17-8-4-7-15(2,9-17)14(19)20/h3,5-6H,4,7-9H2,1-2H3,(H,19,20). The van der Waals surface area contributed by atoms with Crippen molar-refractivity contribution in [3.8, 4) is 0 Å². The number of halogens is 1. The molecule has 20 heavy (non-hydrogen) atoms. The lowest BCUT2D eigenvalue weighted by Gasteiger charge is -2.37. The van der Waals surface area contributed by atoms with Crippen LogP contribution in [0.3, 0.4) is 0 Å². The minimum atomic E-state index is -0.871. The molecule has 1 aliphatic rings. The number of carboxylic acids is 1. The first kappa shape index (κ1) is 14.9. The highest BCUT2D eigenvalue weighted by molar-refractivity contribution is 6.34. The Morgan fingerprint density at radius 2 is 2.10 bits per heavy atom. The largest absolute Gasteiger partial charge is 0.481 e. The third-order valence-corrected chi connectivity index (χ3v) is 4.42. The Balaban J connectivity index is 2.25. The molecule has 108 valence electrons. The van der Waals surface area contributed by atoms with E-state index >= 15 is 0 Å². The van der Waals surface area contributed by atoms with E-state index in [0.29, 0.717) is 30.0 Å². The molecule has 1 atom stereocenters. The van der Waals surface area contributed by atoms with Crippen LogP contribution in [0, 0.1) is 12.3 Å². The number of aliphatic carboxylic acids is 1. The van der Waals surface area contributed by atoms with Crippen molar-refractivity contribution in [3.05, 3.63) is 34.3 Å². The molecule has 1 heterocycles. The Hall–Kier alpha value is -1.55. The molecule has 1 fully saturated rings. The summed E-state index contributed by atoms with van der Waals surface area (Å²) in [4.78, 5) is 25.5. The van der Waals surface area contributed by atoms with E-state index in [9.17, 15) is 14.7 Å². The number of carbonyl (C=O) groups excluding carboxylic acids is 1. The normalized spacial score (nSPS) is 22.6. The fourth-order valence-electron chi connectivity index (χ4n) is 2.57. The minimum Gasteiger partial charge on any atom is -0.481 e. The summed E-state index contributed by atoms with van der Waals surface area (Å²) in [5.74, 6) is -1.05. The molecular formula is C15H18ClNO3. The molecule has 1 N–H and O–H groups in total. The highest BCUT2D eigenvalue weighted by atomic mass is 35.5. The number of amides is 1. The van der Waals surface area contributed by atoms with Gasteiger partial charge in [-0.1, -0.05) is 23.7 Å². The molecule has 5 heteroatoms. The van der Waals surface area contributed by atoms with Crippen LogP contribution in [0.25, 0.3) is 0 Å². The summed E-state index contributed by atoms with van der Waals surface area (Å²) >= 11 is 6.18. The zero-order valence-corrected chi connectivity index (χ0v) is 12.4. The molecule has 1 aromatic rings. The Labute approximate surface area is 123 Å². The second-order valence-electron chi connectivity index (χ2n) is 5.63. The van der Waals surface area contributed by atoms with Crippen molar-refractivity contribution >= 4 is 23.5 Å². The van der Waals surface area contributed by atoms with Gasteiger partial charge in [0.05, 0.1) is 16.0 Å². The molecule has 2 rings (SSSR count). The van der Waals surface area contributed by atoms with Gasteiger partial charge in [0.15, 0.2) is 0 Å². The Bertz CT molecular complexity index is 558. The molecule has 1 aliphatic heterocycles. The fourth-order valence-corrected chi connectivity index (χ4v) is 2.78. The second-order valence-corrected chi connectivity index (χ2v) is 6.01. The van der Waals surface area contributed by atoms with Crippen molar-refractivity contribution in [2.45, 2.75) is 26.7 Å². The summed E-state index contributed by atoms with van der Waals surface area (Å²) in [5, 5.41) is 9.75. The van der Waals surface area contributed by atoms with Crippen molar-refractivity contribution < 1.29 is 14.7 Å². The van der Waals surface area contributed by atoms with E-state index in [0.717, 1.165) is 5.56 Å². The maximum absolute atomic E-state index is 12.5. The summed E-state index contributed by atoms with van der Waals surface area (Å²) in [5.41, 5.74) is 0.418. The maximum atomic E-state index is 12.5. The number of hydrogen-bond donors (Lipinski definition) is 1. The number of carbonyl (C=O) groups is 2. The maximum Gasteiger partial charge on any atom is 0.311 e. The van der Waals surface area contributed by atoms with Gasteiger partial charge in [0.2, 0.25) is 0 Å². The molecule has 0 aromatic heterocycles. The Morgan fingerprint density at radius 1 is 1.40 bits per heavy atom. The third-order valence-electron chi connectivity index (χ3n) is 3.92. The number of piperidine rings is 1. The van der Waals surface area contributed by atoms with Crippen LogP contribution in [-0.4, -0.2) is 35.0 Å². The van der Waals surface area contributed by atoms with Crippen LogP contribution in [0.1, 0.15) is 35.7 Å². The van der Waals surface area contributed by atoms with Crippen LogP contribution in [0.2, 0.25) is 5.02 Å². The number of rotatable bonds is 2. The zero-order valence-electron chi connectivity index (χ0n) is 11.6. The molecule has 1 amide bonds. The van der Waals surface area contributed by atoms with E-state index in [1.807, 2.05) is 13.0 Å². The van der Waals surface area contributed by atoms with E-state index in [1.165, 1.54) is 0 Å². The van der Waals surface area contributed by atoms with Crippen molar-refractivity contribution in [1.82, 2.24) is 4.90 Å². The first-order valence-electron chi connectivity index (χ1n) is 6.63. The summed E-state index contributed by atoms with van der Waals surface area (Å²) in [6, 6.07) is 5.32. The van der Waals surface area contributed by atoms with Crippen LogP contribution in [0.4, 0.5) is 0 Å². The number of likely N-dealkylation sites (tertiary alicyclic amines) is 1. The number of hydrogen-bond acceptors (Lipinski definition) is 2. The molecule has 0 spiro atoms. The SMILES string of the molecule is Cc1cccc(C(=O)N2CCCC(C)(C(=O)O)C2)c1Cl. The second kappa shape index (κ2) is 5.44. The van der Waals surface area contributed by atoms with E-state index in [4.69, 9.17) is 11.6 Å². The molecule has 1 unspecified atom stereocenters. The van der Waals surface area contributed by atoms with Crippen molar-refractivity contribution in [2.24, 2.45) is 5.41 Å². The third kappa shape index (κ3) is 2.66. The van der Waals surface area contributed by atoms with E-state index in [2.05, 4.69) is 0 Å². The smallest absolute Gasteiger partial charge is 0.311 e. The van der Waals surface area contributed by atoms with Gasteiger partial charge in [0, 0.05) is 13.1 Å². The van der Waals surface area contributed by atoms with Gasteiger partial charge in [-0.15, -0.1) is 0 Å². The minimum absolute atomic E-state index is 0.189. The summed E-state index contributed by atoms with van der Waals surface area (Å²) in [6.07, 6.45) is 1.28. The van der Waals surface area contributed by atoms with Crippen LogP contribution in [0.15, 0.2) is 18.2 Å². The van der Waals surface area contributed by atoms with Crippen LogP contribution in [0.5, 0.6) is 0 Å². The summed E-state index contributed by atoms with van der Waals surface area (Å²) in [7, 11) is 0. The van der Waals surface area contributed by atoms with Gasteiger partial charge in [0.1, 0.15) is 0 Å². The molecule has 0 radical (unpaired) electrons. The van der Waals surface area contributed by atoms with Crippen LogP contribution in [-0.2, 0) is 4.79 Å². The van der Waals surface area contributed by atoms with Gasteiger partial charge in [-0.05, 0) is 38.3 Å². The lowest BCUT2D eigenvalue weighted by Crippen LogP contribution is -2.48. The van der Waals surface area contributed by atoms with Crippen LogP contribution < -0.4 is 0 Å². The Morgan fingerprint density at radius 3 is 2.75 bits per heavy atom. The number of aryl methyl sites for hydroxylation is 1. The van der Waals surface area contributed by atoms with E-state index < -0.39 is 11.4 Å². The number of carboxylic acid groups (broad SMARTS) is 1. The van der Waals surface area contributed by atoms with Crippen molar-refractivity contribution in [3.63, 3.8) is 0 Å². The summed E-state index contributed by atoms with van der Waals surface area (Å²) < 4.78 is 0. The predicted octanol–water partition coefficient (Wildman–Crippen LogP) is 2.98. The van der Waals surface area contributed by atoms with E-state index in [-0.39, 0.29) is 12.5 Å². The highest BCUT2D eigenvalue weighted by Gasteiger charge is 2.39. The lowest BCUT2D eigenvalue weighted by atomic mass is 9.82. The van der Waals surface area contributed by atoms with Gasteiger partial charge >= 0.3 is 5.97 Å². The lowest BCUT2D eigenvalue weighted by molar-refractivity contribution is -0.150. The number of benzene rings is 1. The molecule has 1 saturated heterocycles. The quantitative estimate of drug-likeness (QED) is 0.912. The molecule has 4 nitrogen and oxygen atoms in total. The van der Waals surface area contributed by atoms with Gasteiger partial charge in [-0.2, -0.15) is 0 Å². The first-order valence-corrected chi connectivity index (χ1v) is 7.01. The predicted molar refractivity (Wildman–Crippen MR) is 77.1 cm³/mol. The Kier molecular flexibility index (Phi) is 4.04. The topological polar surface area (TPSA) is 57.6 Å². The number of nitrogens with zero attached hydrogens (tertiary/aromatic N) is 1. The molecule has 0 saturated carbocycles.